The molecule has 0 aliphatic rings. The van der Waals surface area contributed by atoms with E-state index in [0.29, 0.717) is 19.8 Å². The van der Waals surface area contributed by atoms with Gasteiger partial charge in [-0.1, -0.05) is 0 Å². The summed E-state index contributed by atoms with van der Waals surface area (Å²) in [5, 5.41) is 3.29. The molecule has 0 bridgehead atoms. The molecular weight excluding hydrogens is 206 g/mol. The van der Waals surface area contributed by atoms with E-state index in [1.54, 1.807) is 6.33 Å². The highest BCUT2D eigenvalue weighted by atomic mass is 16.7. The minimum atomic E-state index is -0.164. The monoisotopic (exact) mass is 227 g/mol. The molecule has 0 aliphatic heterocycles. The van der Waals surface area contributed by atoms with Gasteiger partial charge in [0.2, 0.25) is 0 Å². The predicted octanol–water partition coefficient (Wildman–Crippen LogP) is 0.909. The summed E-state index contributed by atoms with van der Waals surface area (Å²) < 4.78 is 12.8. The molecule has 16 heavy (non-hydrogen) atoms. The van der Waals surface area contributed by atoms with Crippen molar-refractivity contribution < 1.29 is 9.47 Å². The molecule has 0 fully saturated rings. The molecule has 92 valence electrons. The minimum Gasteiger partial charge on any atom is -0.352 e. The van der Waals surface area contributed by atoms with Crippen LogP contribution in [0.25, 0.3) is 0 Å². The Balaban J connectivity index is 2.24. The van der Waals surface area contributed by atoms with Gasteiger partial charge in [0.25, 0.3) is 0 Å². The van der Waals surface area contributed by atoms with E-state index in [0.717, 1.165) is 12.2 Å². The summed E-state index contributed by atoms with van der Waals surface area (Å²) in [6, 6.07) is 0. The molecule has 0 saturated carbocycles. The molecule has 0 unspecified atom stereocenters. The number of aromatic nitrogens is 2. The van der Waals surface area contributed by atoms with Gasteiger partial charge >= 0.3 is 0 Å². The summed E-state index contributed by atoms with van der Waals surface area (Å²) >= 11 is 0. The zero-order chi connectivity index (χ0) is 11.8. The van der Waals surface area contributed by atoms with E-state index in [2.05, 4.69) is 10.3 Å². The largest absolute Gasteiger partial charge is 0.352 e. The normalized spacial score (nSPS) is 11.2. The summed E-state index contributed by atoms with van der Waals surface area (Å²) in [6.45, 7) is 6.72. The van der Waals surface area contributed by atoms with Gasteiger partial charge in [0.1, 0.15) is 0 Å². The SMILES string of the molecule is CCOC(CNCc1cncn1C)OCC. The van der Waals surface area contributed by atoms with Gasteiger partial charge in [0.05, 0.1) is 12.0 Å². The van der Waals surface area contributed by atoms with Gasteiger partial charge in [0.15, 0.2) is 6.29 Å². The number of hydrogen-bond acceptors (Lipinski definition) is 4. The molecule has 0 amide bonds. The highest BCUT2D eigenvalue weighted by Crippen LogP contribution is 1.97. The summed E-state index contributed by atoms with van der Waals surface area (Å²) in [5.41, 5.74) is 1.15. The Kier molecular flexibility index (Phi) is 6.07. The van der Waals surface area contributed by atoms with Crippen molar-refractivity contribution in [3.63, 3.8) is 0 Å². The molecule has 0 spiro atoms. The average molecular weight is 227 g/mol. The van der Waals surface area contributed by atoms with Crippen molar-refractivity contribution in [2.75, 3.05) is 19.8 Å². The Hall–Kier alpha value is -0.910. The van der Waals surface area contributed by atoms with Crippen molar-refractivity contribution in [2.24, 2.45) is 7.05 Å². The van der Waals surface area contributed by atoms with E-state index in [9.17, 15) is 0 Å². The van der Waals surface area contributed by atoms with Crippen LogP contribution in [-0.4, -0.2) is 35.6 Å². The summed E-state index contributed by atoms with van der Waals surface area (Å²) in [6.07, 6.45) is 3.48. The van der Waals surface area contributed by atoms with Crippen LogP contribution in [0.2, 0.25) is 0 Å². The van der Waals surface area contributed by atoms with E-state index < -0.39 is 0 Å². The first kappa shape index (κ1) is 13.2. The van der Waals surface area contributed by atoms with E-state index in [4.69, 9.17) is 9.47 Å². The molecule has 5 heteroatoms. The third-order valence-electron chi connectivity index (χ3n) is 2.24. The Morgan fingerprint density at radius 1 is 1.38 bits per heavy atom. The van der Waals surface area contributed by atoms with E-state index in [1.807, 2.05) is 31.7 Å². The Morgan fingerprint density at radius 3 is 2.56 bits per heavy atom. The number of aryl methyl sites for hydroxylation is 1. The lowest BCUT2D eigenvalue weighted by Crippen LogP contribution is -2.31. The van der Waals surface area contributed by atoms with E-state index in [1.165, 1.54) is 0 Å². The van der Waals surface area contributed by atoms with Crippen LogP contribution < -0.4 is 5.32 Å². The number of hydrogen-bond donors (Lipinski definition) is 1. The Labute approximate surface area is 96.8 Å². The molecule has 1 heterocycles. The Morgan fingerprint density at radius 2 is 2.06 bits per heavy atom. The van der Waals surface area contributed by atoms with Crippen LogP contribution in [0.5, 0.6) is 0 Å². The lowest BCUT2D eigenvalue weighted by molar-refractivity contribution is -0.133. The third-order valence-corrected chi connectivity index (χ3v) is 2.24. The van der Waals surface area contributed by atoms with Crippen LogP contribution in [-0.2, 0) is 23.1 Å². The Bertz CT molecular complexity index is 283. The summed E-state index contributed by atoms with van der Waals surface area (Å²) in [5.74, 6) is 0. The van der Waals surface area contributed by atoms with E-state index >= 15 is 0 Å². The maximum absolute atomic E-state index is 5.42. The molecule has 5 nitrogen and oxygen atoms in total. The van der Waals surface area contributed by atoms with Crippen molar-refractivity contribution in [3.8, 4) is 0 Å². The van der Waals surface area contributed by atoms with Crippen LogP contribution in [0.1, 0.15) is 19.5 Å². The fourth-order valence-corrected chi connectivity index (χ4v) is 1.41. The fraction of sp³-hybridized carbons (Fsp3) is 0.727. The molecule has 0 aliphatic carbocycles. The van der Waals surface area contributed by atoms with Gasteiger partial charge in [-0.3, -0.25) is 0 Å². The first-order chi connectivity index (χ1) is 7.77. The number of nitrogens with one attached hydrogen (secondary N) is 1. The predicted molar refractivity (Wildman–Crippen MR) is 62.0 cm³/mol. The van der Waals surface area contributed by atoms with Crippen molar-refractivity contribution in [3.05, 3.63) is 18.2 Å². The highest BCUT2D eigenvalue weighted by Gasteiger charge is 2.07. The topological polar surface area (TPSA) is 48.3 Å². The zero-order valence-electron chi connectivity index (χ0n) is 10.3. The molecule has 1 rings (SSSR count). The maximum Gasteiger partial charge on any atom is 0.169 e. The smallest absolute Gasteiger partial charge is 0.169 e. The lowest BCUT2D eigenvalue weighted by Gasteiger charge is -2.17. The standard InChI is InChI=1S/C11H21N3O2/c1-4-15-11(16-5-2)8-12-6-10-7-13-9-14(10)3/h7,9,11-12H,4-6,8H2,1-3H3. The van der Waals surface area contributed by atoms with Crippen LogP contribution in [0.4, 0.5) is 0 Å². The number of nitrogens with zero attached hydrogens (tertiary/aromatic N) is 2. The molecule has 0 atom stereocenters. The number of imidazole rings is 1. The third kappa shape index (κ3) is 4.30. The van der Waals surface area contributed by atoms with Crippen LogP contribution in [0.15, 0.2) is 12.5 Å². The molecule has 0 radical (unpaired) electrons. The minimum absolute atomic E-state index is 0.164. The second-order valence-corrected chi connectivity index (χ2v) is 3.47. The average Bonchev–Trinajstić information content (AvgIpc) is 2.65. The van der Waals surface area contributed by atoms with Crippen molar-refractivity contribution >= 4 is 0 Å². The van der Waals surface area contributed by atoms with Gasteiger partial charge < -0.3 is 19.4 Å². The highest BCUT2D eigenvalue weighted by molar-refractivity contribution is 4.96. The van der Waals surface area contributed by atoms with Gasteiger partial charge in [-0.2, -0.15) is 0 Å². The molecule has 1 N–H and O–H groups in total. The molecule has 1 aromatic heterocycles. The summed E-state index contributed by atoms with van der Waals surface area (Å²) in [4.78, 5) is 4.05. The quantitative estimate of drug-likeness (QED) is 0.671. The lowest BCUT2D eigenvalue weighted by atomic mass is 10.4. The number of ether oxygens (including phenoxy) is 2. The van der Waals surface area contributed by atoms with Gasteiger partial charge in [-0.05, 0) is 13.8 Å². The van der Waals surface area contributed by atoms with Crippen molar-refractivity contribution in [2.45, 2.75) is 26.7 Å². The first-order valence-corrected chi connectivity index (χ1v) is 5.67. The van der Waals surface area contributed by atoms with Crippen LogP contribution in [0, 0.1) is 0 Å². The maximum atomic E-state index is 5.42. The number of rotatable bonds is 8. The van der Waals surface area contributed by atoms with Crippen LogP contribution >= 0.6 is 0 Å². The molecule has 1 aromatic rings. The van der Waals surface area contributed by atoms with Gasteiger partial charge in [-0.25, -0.2) is 4.98 Å². The second-order valence-electron chi connectivity index (χ2n) is 3.47. The second kappa shape index (κ2) is 7.38. The summed E-state index contributed by atoms with van der Waals surface area (Å²) in [7, 11) is 1.98. The van der Waals surface area contributed by atoms with Crippen molar-refractivity contribution in [1.29, 1.82) is 0 Å². The first-order valence-electron chi connectivity index (χ1n) is 5.67. The zero-order valence-corrected chi connectivity index (χ0v) is 10.3. The molecular formula is C11H21N3O2. The van der Waals surface area contributed by atoms with Gasteiger partial charge in [-0.15, -0.1) is 0 Å². The van der Waals surface area contributed by atoms with Gasteiger partial charge in [0, 0.05) is 39.5 Å². The fourth-order valence-electron chi connectivity index (χ4n) is 1.41. The molecule has 0 aromatic carbocycles. The van der Waals surface area contributed by atoms with Crippen molar-refractivity contribution in [1.82, 2.24) is 14.9 Å². The molecule has 0 saturated heterocycles. The van der Waals surface area contributed by atoms with E-state index in [-0.39, 0.29) is 6.29 Å². The van der Waals surface area contributed by atoms with Crippen LogP contribution in [0.3, 0.4) is 0 Å².